The maximum absolute atomic E-state index is 13.5. The van der Waals surface area contributed by atoms with E-state index in [0.29, 0.717) is 0 Å². The third kappa shape index (κ3) is 2.63. The van der Waals surface area contributed by atoms with Crippen molar-refractivity contribution >= 4 is 15.5 Å². The van der Waals surface area contributed by atoms with Gasteiger partial charge in [0.15, 0.2) is 9.84 Å². The molecule has 1 aromatic rings. The number of anilines is 1. The zero-order chi connectivity index (χ0) is 12.5. The highest BCUT2D eigenvalue weighted by Gasteiger charge is 2.22. The van der Waals surface area contributed by atoms with Gasteiger partial charge in [-0.05, 0) is 18.2 Å². The fourth-order valence-corrected chi connectivity index (χ4v) is 2.80. The van der Waals surface area contributed by atoms with Gasteiger partial charge in [-0.1, -0.05) is 6.08 Å². The molecule has 17 heavy (non-hydrogen) atoms. The molecular formula is C11H9FN2O2S. The molecule has 0 amide bonds. The van der Waals surface area contributed by atoms with Crippen LogP contribution < -0.4 is 5.32 Å². The number of nitriles is 1. The molecule has 4 nitrogen and oxygen atoms in total. The van der Waals surface area contributed by atoms with Crippen LogP contribution in [0, 0.1) is 17.1 Å². The summed E-state index contributed by atoms with van der Waals surface area (Å²) in [6.07, 6.45) is 1.48. The molecule has 0 radical (unpaired) electrons. The number of hydrogen-bond donors (Lipinski definition) is 1. The standard InChI is InChI=1S/C11H9FN2O2S/c12-10-5-8(6-13)1-2-11(10)14-9-3-4-17(15,16)7-9/h1-5,9,14H,7H2. The van der Waals surface area contributed by atoms with Crippen molar-refractivity contribution in [3.8, 4) is 6.07 Å². The fraction of sp³-hybridized carbons (Fsp3) is 0.182. The van der Waals surface area contributed by atoms with Crippen molar-refractivity contribution < 1.29 is 12.8 Å². The molecule has 1 heterocycles. The minimum atomic E-state index is -3.16. The van der Waals surface area contributed by atoms with Gasteiger partial charge in [0.25, 0.3) is 0 Å². The summed E-state index contributed by atoms with van der Waals surface area (Å²) < 4.78 is 35.8. The van der Waals surface area contributed by atoms with Crippen LogP contribution in [0.4, 0.5) is 10.1 Å². The van der Waals surface area contributed by atoms with Crippen molar-refractivity contribution in [3.05, 3.63) is 41.1 Å². The van der Waals surface area contributed by atoms with E-state index in [1.165, 1.54) is 18.2 Å². The van der Waals surface area contributed by atoms with Gasteiger partial charge in [-0.3, -0.25) is 0 Å². The van der Waals surface area contributed by atoms with Crippen molar-refractivity contribution in [1.82, 2.24) is 0 Å². The van der Waals surface area contributed by atoms with Crippen LogP contribution in [0.2, 0.25) is 0 Å². The Morgan fingerprint density at radius 1 is 1.47 bits per heavy atom. The van der Waals surface area contributed by atoms with E-state index in [1.807, 2.05) is 6.07 Å². The Morgan fingerprint density at radius 3 is 2.76 bits per heavy atom. The van der Waals surface area contributed by atoms with Crippen molar-refractivity contribution in [2.24, 2.45) is 0 Å². The summed E-state index contributed by atoms with van der Waals surface area (Å²) >= 11 is 0. The molecule has 1 N–H and O–H groups in total. The fourth-order valence-electron chi connectivity index (χ4n) is 1.57. The van der Waals surface area contributed by atoms with Gasteiger partial charge in [0.1, 0.15) is 5.82 Å². The van der Waals surface area contributed by atoms with Crippen LogP contribution in [-0.2, 0) is 9.84 Å². The normalized spacial score (nSPS) is 21.1. The second-order valence-electron chi connectivity index (χ2n) is 3.72. The van der Waals surface area contributed by atoms with E-state index in [9.17, 15) is 12.8 Å². The first-order chi connectivity index (χ1) is 8.00. The molecule has 0 bridgehead atoms. The molecular weight excluding hydrogens is 243 g/mol. The van der Waals surface area contributed by atoms with Gasteiger partial charge in [-0.2, -0.15) is 5.26 Å². The molecule has 88 valence electrons. The molecule has 2 rings (SSSR count). The predicted octanol–water partition coefficient (Wildman–Crippen LogP) is 1.42. The average molecular weight is 252 g/mol. The van der Waals surface area contributed by atoms with Gasteiger partial charge in [-0.15, -0.1) is 0 Å². The highest BCUT2D eigenvalue weighted by atomic mass is 32.2. The Labute approximate surface area is 98.3 Å². The molecule has 0 saturated heterocycles. The first-order valence-corrected chi connectivity index (χ1v) is 6.59. The Hall–Kier alpha value is -1.87. The molecule has 6 heteroatoms. The van der Waals surface area contributed by atoms with Crippen molar-refractivity contribution in [2.45, 2.75) is 6.04 Å². The SMILES string of the molecule is N#Cc1ccc(NC2C=CS(=O)(=O)C2)c(F)c1. The lowest BCUT2D eigenvalue weighted by molar-refractivity contribution is 0.604. The van der Waals surface area contributed by atoms with Crippen LogP contribution >= 0.6 is 0 Å². The molecule has 1 aliphatic heterocycles. The van der Waals surface area contributed by atoms with E-state index in [2.05, 4.69) is 5.32 Å². The van der Waals surface area contributed by atoms with Crippen LogP contribution in [0.5, 0.6) is 0 Å². The smallest absolute Gasteiger partial charge is 0.173 e. The van der Waals surface area contributed by atoms with Crippen molar-refractivity contribution in [1.29, 1.82) is 5.26 Å². The summed E-state index contributed by atoms with van der Waals surface area (Å²) in [7, 11) is -3.16. The summed E-state index contributed by atoms with van der Waals surface area (Å²) in [5.41, 5.74) is 0.415. The molecule has 0 aliphatic carbocycles. The first-order valence-electron chi connectivity index (χ1n) is 4.87. The number of benzene rings is 1. The molecule has 0 fully saturated rings. The molecule has 1 unspecified atom stereocenters. The zero-order valence-corrected chi connectivity index (χ0v) is 9.54. The quantitative estimate of drug-likeness (QED) is 0.864. The number of hydrogen-bond acceptors (Lipinski definition) is 4. The van der Waals surface area contributed by atoms with Crippen molar-refractivity contribution in [3.63, 3.8) is 0 Å². The zero-order valence-electron chi connectivity index (χ0n) is 8.72. The minimum absolute atomic E-state index is 0.0769. The minimum Gasteiger partial charge on any atom is -0.375 e. The summed E-state index contributed by atoms with van der Waals surface area (Å²) in [5.74, 6) is -0.645. The average Bonchev–Trinajstić information content (AvgIpc) is 2.61. The van der Waals surface area contributed by atoms with Crippen LogP contribution in [-0.4, -0.2) is 20.2 Å². The maximum Gasteiger partial charge on any atom is 0.173 e. The lowest BCUT2D eigenvalue weighted by atomic mass is 10.2. The Balaban J connectivity index is 2.16. The van der Waals surface area contributed by atoms with E-state index in [0.717, 1.165) is 11.5 Å². The number of halogens is 1. The molecule has 0 saturated carbocycles. The van der Waals surface area contributed by atoms with E-state index in [1.54, 1.807) is 0 Å². The van der Waals surface area contributed by atoms with Gasteiger partial charge in [-0.25, -0.2) is 12.8 Å². The number of rotatable bonds is 2. The maximum atomic E-state index is 13.5. The Bertz CT molecular complexity index is 617. The molecule has 0 spiro atoms. The number of nitrogens with zero attached hydrogens (tertiary/aromatic N) is 1. The Kier molecular flexibility index (Phi) is 2.86. The monoisotopic (exact) mass is 252 g/mol. The Morgan fingerprint density at radius 2 is 2.24 bits per heavy atom. The van der Waals surface area contributed by atoms with Gasteiger partial charge >= 0.3 is 0 Å². The van der Waals surface area contributed by atoms with Crippen molar-refractivity contribution in [2.75, 3.05) is 11.1 Å². The van der Waals surface area contributed by atoms with E-state index >= 15 is 0 Å². The first kappa shape index (κ1) is 11.6. The van der Waals surface area contributed by atoms with E-state index in [-0.39, 0.29) is 17.0 Å². The van der Waals surface area contributed by atoms with E-state index in [4.69, 9.17) is 5.26 Å². The van der Waals surface area contributed by atoms with Crippen LogP contribution in [0.1, 0.15) is 5.56 Å². The topological polar surface area (TPSA) is 70.0 Å². The third-order valence-corrected chi connectivity index (χ3v) is 3.76. The molecule has 0 aromatic heterocycles. The highest BCUT2D eigenvalue weighted by Crippen LogP contribution is 2.19. The lowest BCUT2D eigenvalue weighted by Crippen LogP contribution is -2.21. The van der Waals surface area contributed by atoms with Crippen LogP contribution in [0.25, 0.3) is 0 Å². The number of nitrogens with one attached hydrogen (secondary N) is 1. The highest BCUT2D eigenvalue weighted by molar-refractivity contribution is 7.94. The van der Waals surface area contributed by atoms with Gasteiger partial charge < -0.3 is 5.32 Å². The summed E-state index contributed by atoms with van der Waals surface area (Å²) in [4.78, 5) is 0. The van der Waals surface area contributed by atoms with Gasteiger partial charge in [0.05, 0.1) is 29.1 Å². The van der Waals surface area contributed by atoms with Gasteiger partial charge in [0, 0.05) is 5.41 Å². The summed E-state index contributed by atoms with van der Waals surface area (Å²) in [6.45, 7) is 0. The molecule has 1 aromatic carbocycles. The molecule has 1 aliphatic rings. The summed E-state index contributed by atoms with van der Waals surface area (Å²) in [6, 6.07) is 5.40. The van der Waals surface area contributed by atoms with E-state index < -0.39 is 21.7 Å². The lowest BCUT2D eigenvalue weighted by Gasteiger charge is -2.12. The second-order valence-corrected chi connectivity index (χ2v) is 5.65. The number of sulfone groups is 1. The van der Waals surface area contributed by atoms with Crippen LogP contribution in [0.3, 0.4) is 0 Å². The summed E-state index contributed by atoms with van der Waals surface area (Å²) in [5, 5.41) is 12.5. The van der Waals surface area contributed by atoms with Gasteiger partial charge in [0.2, 0.25) is 0 Å². The largest absolute Gasteiger partial charge is 0.375 e. The predicted molar refractivity (Wildman–Crippen MR) is 61.5 cm³/mol. The third-order valence-electron chi connectivity index (χ3n) is 2.37. The molecule has 1 atom stereocenters. The van der Waals surface area contributed by atoms with Crippen LogP contribution in [0.15, 0.2) is 29.7 Å². The second kappa shape index (κ2) is 4.18.